The van der Waals surface area contributed by atoms with Gasteiger partial charge in [0.15, 0.2) is 0 Å². The molecule has 0 fully saturated rings. The zero-order valence-electron chi connectivity index (χ0n) is 15.7. The van der Waals surface area contributed by atoms with Crippen molar-refractivity contribution in [3.63, 3.8) is 0 Å². The van der Waals surface area contributed by atoms with Crippen LogP contribution in [0.3, 0.4) is 0 Å². The van der Waals surface area contributed by atoms with Gasteiger partial charge >= 0.3 is 13.8 Å². The van der Waals surface area contributed by atoms with E-state index in [0.717, 1.165) is 12.8 Å². The number of ether oxygens (including phenoxy) is 1. The van der Waals surface area contributed by atoms with Gasteiger partial charge in [-0.1, -0.05) is 70.8 Å². The summed E-state index contributed by atoms with van der Waals surface area (Å²) in [6.45, 7) is 3.42. The fraction of sp³-hybridized carbons (Fsp3) is 0.833. The van der Waals surface area contributed by atoms with Crippen molar-refractivity contribution in [1.82, 2.24) is 0 Å². The summed E-state index contributed by atoms with van der Waals surface area (Å²) in [5, 5.41) is 0. The van der Waals surface area contributed by atoms with Crippen LogP contribution in [0.2, 0.25) is 0 Å². The Kier molecular flexibility index (Phi) is 15.1. The van der Waals surface area contributed by atoms with Gasteiger partial charge in [0.2, 0.25) is 0 Å². The Labute approximate surface area is 152 Å². The van der Waals surface area contributed by atoms with Crippen LogP contribution in [0.1, 0.15) is 84.5 Å². The Bertz CT molecular complexity index is 416. The molecule has 0 heterocycles. The minimum atomic E-state index is -4.50. The fourth-order valence-electron chi connectivity index (χ4n) is 2.44. The summed E-state index contributed by atoms with van der Waals surface area (Å²) in [5.41, 5.74) is 0.520. The van der Waals surface area contributed by atoms with Crippen LogP contribution in [0, 0.1) is 0 Å². The number of hydrogen-bond acceptors (Lipinski definition) is 4. The van der Waals surface area contributed by atoms with E-state index >= 15 is 0 Å². The van der Waals surface area contributed by atoms with E-state index in [-0.39, 0.29) is 13.2 Å². The van der Waals surface area contributed by atoms with Crippen molar-refractivity contribution >= 4 is 13.8 Å². The van der Waals surface area contributed by atoms with Crippen LogP contribution < -0.4 is 0 Å². The quantitative estimate of drug-likeness (QED) is 0.172. The maximum absolute atomic E-state index is 11.6. The molecule has 2 N–H and O–H groups in total. The highest BCUT2D eigenvalue weighted by atomic mass is 31.2. The average Bonchev–Trinajstić information content (AvgIpc) is 2.55. The molecule has 0 atom stereocenters. The zero-order chi connectivity index (χ0) is 19.0. The van der Waals surface area contributed by atoms with Gasteiger partial charge in [-0.05, 0) is 19.8 Å². The molecule has 25 heavy (non-hydrogen) atoms. The van der Waals surface area contributed by atoms with Crippen LogP contribution in [0.25, 0.3) is 0 Å². The molecule has 0 saturated heterocycles. The van der Waals surface area contributed by atoms with Gasteiger partial charge in [-0.15, -0.1) is 0 Å². The monoisotopic (exact) mass is 378 g/mol. The van der Waals surface area contributed by atoms with Crippen molar-refractivity contribution in [3.05, 3.63) is 11.6 Å². The van der Waals surface area contributed by atoms with Gasteiger partial charge in [0.1, 0.15) is 6.61 Å². The summed E-state index contributed by atoms with van der Waals surface area (Å²) in [4.78, 5) is 28.6. The van der Waals surface area contributed by atoms with Crippen molar-refractivity contribution < 1.29 is 28.4 Å². The van der Waals surface area contributed by atoms with Crippen LogP contribution in [-0.2, 0) is 18.6 Å². The molecule has 0 rings (SSSR count). The van der Waals surface area contributed by atoms with Crippen molar-refractivity contribution in [2.24, 2.45) is 0 Å². The third kappa shape index (κ3) is 17.9. The number of unbranched alkanes of at least 4 members (excludes halogenated alkanes) is 10. The lowest BCUT2D eigenvalue weighted by Gasteiger charge is -2.07. The Morgan fingerprint density at radius 2 is 1.44 bits per heavy atom. The summed E-state index contributed by atoms with van der Waals surface area (Å²) < 4.78 is 19.5. The Hall–Kier alpha value is -0.680. The molecule has 0 aromatic carbocycles. The van der Waals surface area contributed by atoms with Crippen LogP contribution in [-0.4, -0.2) is 29.0 Å². The largest absolute Gasteiger partial charge is 0.469 e. The molecule has 7 heteroatoms. The molecule has 6 nitrogen and oxygen atoms in total. The molecule has 0 amide bonds. The fourth-order valence-corrected chi connectivity index (χ4v) is 2.75. The summed E-state index contributed by atoms with van der Waals surface area (Å²) in [7, 11) is -4.50. The van der Waals surface area contributed by atoms with Crippen molar-refractivity contribution in [2.45, 2.75) is 84.5 Å². The maximum atomic E-state index is 11.6. The molecule has 0 bridgehead atoms. The van der Waals surface area contributed by atoms with Crippen molar-refractivity contribution in [3.8, 4) is 0 Å². The first-order valence-corrected chi connectivity index (χ1v) is 10.9. The lowest BCUT2D eigenvalue weighted by molar-refractivity contribution is -0.139. The van der Waals surface area contributed by atoms with E-state index in [2.05, 4.69) is 11.4 Å². The standard InChI is InChI=1S/C18H35O6P/c1-3-4-5-6-7-8-9-10-11-12-13-14-17(2)18(19)23-15-16-24-25(20,21)22/h14H,3-13,15-16H2,1-2H3,(H2,20,21,22). The summed E-state index contributed by atoms with van der Waals surface area (Å²) in [6.07, 6.45) is 15.5. The normalized spacial score (nSPS) is 12.4. The molecule has 0 radical (unpaired) electrons. The second-order valence-corrected chi connectivity index (χ2v) is 7.56. The molecule has 0 aliphatic heterocycles. The highest BCUT2D eigenvalue weighted by molar-refractivity contribution is 7.46. The predicted molar refractivity (Wildman–Crippen MR) is 99.2 cm³/mol. The van der Waals surface area contributed by atoms with Crippen LogP contribution in [0.15, 0.2) is 11.6 Å². The van der Waals surface area contributed by atoms with E-state index in [1.165, 1.54) is 57.8 Å². The van der Waals surface area contributed by atoms with Gasteiger partial charge in [-0.2, -0.15) is 0 Å². The lowest BCUT2D eigenvalue weighted by atomic mass is 10.1. The van der Waals surface area contributed by atoms with Gasteiger partial charge in [0.05, 0.1) is 6.61 Å². The number of rotatable bonds is 16. The molecule has 0 spiro atoms. The highest BCUT2D eigenvalue weighted by Gasteiger charge is 2.13. The van der Waals surface area contributed by atoms with E-state index in [1.807, 2.05) is 6.08 Å². The van der Waals surface area contributed by atoms with E-state index in [4.69, 9.17) is 14.5 Å². The van der Waals surface area contributed by atoms with E-state index < -0.39 is 13.8 Å². The molecule has 0 saturated carbocycles. The highest BCUT2D eigenvalue weighted by Crippen LogP contribution is 2.35. The minimum Gasteiger partial charge on any atom is -0.460 e. The van der Waals surface area contributed by atoms with Crippen molar-refractivity contribution in [2.75, 3.05) is 13.2 Å². The van der Waals surface area contributed by atoms with Gasteiger partial charge in [0, 0.05) is 5.57 Å². The predicted octanol–water partition coefficient (Wildman–Crippen LogP) is 4.90. The van der Waals surface area contributed by atoms with Crippen LogP contribution in [0.4, 0.5) is 0 Å². The third-order valence-corrected chi connectivity index (χ3v) is 4.43. The molecule has 0 aromatic heterocycles. The maximum Gasteiger partial charge on any atom is 0.469 e. The number of carbonyl (C=O) groups excluding carboxylic acids is 1. The number of hydrogen-bond donors (Lipinski definition) is 2. The summed E-state index contributed by atoms with van der Waals surface area (Å²) in [5.74, 6) is -0.471. The topological polar surface area (TPSA) is 93.1 Å². The lowest BCUT2D eigenvalue weighted by Crippen LogP contribution is -2.10. The molecule has 0 aromatic rings. The summed E-state index contributed by atoms with van der Waals surface area (Å²) >= 11 is 0. The van der Waals surface area contributed by atoms with E-state index in [0.29, 0.717) is 5.57 Å². The number of esters is 1. The van der Waals surface area contributed by atoms with Gasteiger partial charge < -0.3 is 14.5 Å². The first-order chi connectivity index (χ1) is 11.9. The van der Waals surface area contributed by atoms with Gasteiger partial charge in [-0.25, -0.2) is 9.36 Å². The Morgan fingerprint density at radius 1 is 0.920 bits per heavy atom. The smallest absolute Gasteiger partial charge is 0.460 e. The van der Waals surface area contributed by atoms with E-state index in [9.17, 15) is 9.36 Å². The third-order valence-electron chi connectivity index (χ3n) is 3.91. The summed E-state index contributed by atoms with van der Waals surface area (Å²) in [6, 6.07) is 0. The zero-order valence-corrected chi connectivity index (χ0v) is 16.6. The number of allylic oxidation sites excluding steroid dienone is 1. The van der Waals surface area contributed by atoms with Crippen LogP contribution >= 0.6 is 7.82 Å². The Balaban J connectivity index is 3.54. The van der Waals surface area contributed by atoms with E-state index in [1.54, 1.807) is 6.92 Å². The van der Waals surface area contributed by atoms with Gasteiger partial charge in [-0.3, -0.25) is 4.52 Å². The molecule has 0 aliphatic rings. The molecular formula is C18H35O6P. The molecule has 148 valence electrons. The average molecular weight is 378 g/mol. The number of phosphoric acid groups is 1. The second kappa shape index (κ2) is 15.6. The van der Waals surface area contributed by atoms with Crippen molar-refractivity contribution in [1.29, 1.82) is 0 Å². The minimum absolute atomic E-state index is 0.173. The molecule has 0 unspecified atom stereocenters. The van der Waals surface area contributed by atoms with Gasteiger partial charge in [0.25, 0.3) is 0 Å². The molecular weight excluding hydrogens is 343 g/mol. The first-order valence-electron chi connectivity index (χ1n) is 9.40. The first kappa shape index (κ1) is 24.3. The second-order valence-electron chi connectivity index (χ2n) is 6.32. The van der Waals surface area contributed by atoms with Crippen LogP contribution in [0.5, 0.6) is 0 Å². The number of phosphoric ester groups is 1. The molecule has 0 aliphatic carbocycles. The SMILES string of the molecule is CCCCCCCCCCCCC=C(C)C(=O)OCCOP(=O)(O)O. The Morgan fingerprint density at radius 3 is 1.96 bits per heavy atom. The number of carbonyl (C=O) groups is 1.